The van der Waals surface area contributed by atoms with Crippen LogP contribution in [0.2, 0.25) is 0 Å². The summed E-state index contributed by atoms with van der Waals surface area (Å²) in [7, 11) is -1.86. The number of aryl methyl sites for hydroxylation is 2. The molecule has 7 nitrogen and oxygen atoms in total. The number of hydrogen-bond acceptors (Lipinski definition) is 6. The van der Waals surface area contributed by atoms with Crippen molar-refractivity contribution in [3.63, 3.8) is 0 Å². The van der Waals surface area contributed by atoms with E-state index in [0.29, 0.717) is 49.3 Å². The zero-order chi connectivity index (χ0) is 22.0. The van der Waals surface area contributed by atoms with Gasteiger partial charge in [0.1, 0.15) is 5.75 Å². The zero-order valence-electron chi connectivity index (χ0n) is 18.0. The predicted octanol–water partition coefficient (Wildman–Crippen LogP) is 3.47. The van der Waals surface area contributed by atoms with Crippen molar-refractivity contribution in [3.8, 4) is 17.1 Å². The Morgan fingerprint density at radius 1 is 1.03 bits per heavy atom. The highest BCUT2D eigenvalue weighted by molar-refractivity contribution is 7.89. The molecule has 0 aliphatic carbocycles. The number of sulfonamides is 1. The van der Waals surface area contributed by atoms with E-state index < -0.39 is 10.0 Å². The maximum atomic E-state index is 13.1. The van der Waals surface area contributed by atoms with Gasteiger partial charge in [0.2, 0.25) is 15.9 Å². The van der Waals surface area contributed by atoms with Gasteiger partial charge in [-0.2, -0.15) is 4.31 Å². The van der Waals surface area contributed by atoms with Gasteiger partial charge < -0.3 is 9.15 Å². The first kappa shape index (κ1) is 21.5. The highest BCUT2D eigenvalue weighted by atomic mass is 32.2. The molecule has 0 N–H and O–H groups in total. The summed E-state index contributed by atoms with van der Waals surface area (Å²) < 4.78 is 38.9. The molecule has 0 unspecified atom stereocenters. The van der Waals surface area contributed by atoms with Crippen LogP contribution in [0.25, 0.3) is 11.3 Å². The van der Waals surface area contributed by atoms with Crippen molar-refractivity contribution in [3.05, 3.63) is 65.7 Å². The topological polar surface area (TPSA) is 75.9 Å². The summed E-state index contributed by atoms with van der Waals surface area (Å²) in [4.78, 5) is 6.96. The summed E-state index contributed by atoms with van der Waals surface area (Å²) in [6.45, 7) is 6.45. The van der Waals surface area contributed by atoms with Gasteiger partial charge in [-0.1, -0.05) is 12.1 Å². The molecule has 1 aromatic heterocycles. The van der Waals surface area contributed by atoms with Crippen molar-refractivity contribution in [2.24, 2.45) is 0 Å². The molecule has 4 rings (SSSR count). The quantitative estimate of drug-likeness (QED) is 0.583. The van der Waals surface area contributed by atoms with Gasteiger partial charge in [0.25, 0.3) is 0 Å². The average Bonchev–Trinajstić information content (AvgIpc) is 3.24. The molecule has 0 spiro atoms. The molecule has 0 saturated carbocycles. The molecule has 3 aromatic rings. The van der Waals surface area contributed by atoms with Crippen molar-refractivity contribution >= 4 is 10.0 Å². The Morgan fingerprint density at radius 3 is 2.42 bits per heavy atom. The highest BCUT2D eigenvalue weighted by Gasteiger charge is 2.30. The maximum Gasteiger partial charge on any atom is 0.243 e. The fourth-order valence-corrected chi connectivity index (χ4v) is 5.45. The Bertz CT molecular complexity index is 1150. The first-order chi connectivity index (χ1) is 14.9. The van der Waals surface area contributed by atoms with E-state index in [2.05, 4.69) is 9.88 Å². The Labute approximate surface area is 183 Å². The third-order valence-corrected chi connectivity index (χ3v) is 7.62. The summed E-state index contributed by atoms with van der Waals surface area (Å²) in [6.07, 6.45) is 1.72. The Morgan fingerprint density at radius 2 is 1.74 bits per heavy atom. The normalized spacial score (nSPS) is 15.8. The molecule has 164 valence electrons. The smallest absolute Gasteiger partial charge is 0.243 e. The first-order valence-electron chi connectivity index (χ1n) is 10.3. The number of rotatable bonds is 6. The Hall–Kier alpha value is -2.68. The molecule has 2 heterocycles. The molecule has 1 aliphatic heterocycles. The summed E-state index contributed by atoms with van der Waals surface area (Å²) in [6, 6.07) is 13.2. The van der Waals surface area contributed by atoms with Gasteiger partial charge in [0, 0.05) is 31.7 Å². The van der Waals surface area contributed by atoms with E-state index in [-0.39, 0.29) is 0 Å². The van der Waals surface area contributed by atoms with Gasteiger partial charge in [0.15, 0.2) is 5.76 Å². The number of ether oxygens (including phenoxy) is 1. The van der Waals surface area contributed by atoms with Gasteiger partial charge in [0.05, 0.1) is 24.7 Å². The number of hydrogen-bond donors (Lipinski definition) is 0. The first-order valence-corrected chi connectivity index (χ1v) is 11.7. The van der Waals surface area contributed by atoms with Crippen molar-refractivity contribution in [2.45, 2.75) is 25.3 Å². The van der Waals surface area contributed by atoms with Crippen molar-refractivity contribution in [1.29, 1.82) is 0 Å². The van der Waals surface area contributed by atoms with E-state index >= 15 is 0 Å². The number of benzene rings is 2. The van der Waals surface area contributed by atoms with Crippen LogP contribution in [0.1, 0.15) is 17.0 Å². The van der Waals surface area contributed by atoms with E-state index in [1.165, 1.54) is 0 Å². The van der Waals surface area contributed by atoms with Crippen molar-refractivity contribution < 1.29 is 17.6 Å². The van der Waals surface area contributed by atoms with E-state index in [1.54, 1.807) is 23.7 Å². The van der Waals surface area contributed by atoms with E-state index in [0.717, 1.165) is 22.4 Å². The van der Waals surface area contributed by atoms with Crippen LogP contribution in [0.15, 0.2) is 58.0 Å². The van der Waals surface area contributed by atoms with Gasteiger partial charge in [-0.25, -0.2) is 13.4 Å². The van der Waals surface area contributed by atoms with Gasteiger partial charge in [-0.15, -0.1) is 0 Å². The standard InChI is InChI=1S/C23H27N3O4S/c1-17-4-5-18(2)22(14-17)31(27,28)26-12-10-25(11-13-26)16-23-24-15-21(30-23)19-6-8-20(29-3)9-7-19/h4-9,14-15H,10-13,16H2,1-3H3. The number of oxazole rings is 1. The molecule has 1 fully saturated rings. The number of piperazine rings is 1. The predicted molar refractivity (Wildman–Crippen MR) is 118 cm³/mol. The van der Waals surface area contributed by atoms with Crippen LogP contribution in [0, 0.1) is 13.8 Å². The second-order valence-electron chi connectivity index (χ2n) is 7.80. The van der Waals surface area contributed by atoms with Gasteiger partial charge >= 0.3 is 0 Å². The third-order valence-electron chi connectivity index (χ3n) is 5.58. The summed E-state index contributed by atoms with van der Waals surface area (Å²) >= 11 is 0. The monoisotopic (exact) mass is 441 g/mol. The molecule has 0 amide bonds. The van der Waals surface area contributed by atoms with Gasteiger partial charge in [-0.3, -0.25) is 4.90 Å². The number of aromatic nitrogens is 1. The minimum Gasteiger partial charge on any atom is -0.497 e. The number of nitrogens with zero attached hydrogens (tertiary/aromatic N) is 3. The fraction of sp³-hybridized carbons (Fsp3) is 0.348. The molecule has 0 bridgehead atoms. The number of methoxy groups -OCH3 is 1. The molecular weight excluding hydrogens is 414 g/mol. The van der Waals surface area contributed by atoms with Crippen molar-refractivity contribution in [1.82, 2.24) is 14.2 Å². The molecule has 8 heteroatoms. The van der Waals surface area contributed by atoms with Crippen LogP contribution in [-0.4, -0.2) is 55.9 Å². The van der Waals surface area contributed by atoms with E-state index in [9.17, 15) is 8.42 Å². The van der Waals surface area contributed by atoms with Crippen molar-refractivity contribution in [2.75, 3.05) is 33.3 Å². The largest absolute Gasteiger partial charge is 0.497 e. The van der Waals surface area contributed by atoms with E-state index in [4.69, 9.17) is 9.15 Å². The van der Waals surface area contributed by atoms with Crippen LogP contribution < -0.4 is 4.74 Å². The van der Waals surface area contributed by atoms with Gasteiger partial charge in [-0.05, 0) is 55.3 Å². The van der Waals surface area contributed by atoms with Crippen LogP contribution in [0.5, 0.6) is 5.75 Å². The van der Waals surface area contributed by atoms with Crippen LogP contribution in [-0.2, 0) is 16.6 Å². The highest BCUT2D eigenvalue weighted by Crippen LogP contribution is 2.25. The fourth-order valence-electron chi connectivity index (χ4n) is 3.72. The second-order valence-corrected chi connectivity index (χ2v) is 9.70. The molecule has 0 radical (unpaired) electrons. The minimum absolute atomic E-state index is 0.401. The zero-order valence-corrected chi connectivity index (χ0v) is 18.9. The Balaban J connectivity index is 1.38. The van der Waals surface area contributed by atoms with Crippen LogP contribution >= 0.6 is 0 Å². The lowest BCUT2D eigenvalue weighted by molar-refractivity contribution is 0.168. The summed E-state index contributed by atoms with van der Waals surface area (Å²) in [5, 5.41) is 0. The third kappa shape index (κ3) is 4.66. The molecule has 1 aliphatic rings. The van der Waals surface area contributed by atoms with Crippen LogP contribution in [0.4, 0.5) is 0 Å². The lowest BCUT2D eigenvalue weighted by atomic mass is 10.2. The van der Waals surface area contributed by atoms with E-state index in [1.807, 2.05) is 50.2 Å². The molecule has 0 atom stereocenters. The average molecular weight is 442 g/mol. The summed E-state index contributed by atoms with van der Waals surface area (Å²) in [5.74, 6) is 2.11. The lowest BCUT2D eigenvalue weighted by Crippen LogP contribution is -2.48. The molecule has 31 heavy (non-hydrogen) atoms. The SMILES string of the molecule is COc1ccc(-c2cnc(CN3CCN(S(=O)(=O)c4cc(C)ccc4C)CC3)o2)cc1. The second kappa shape index (κ2) is 8.82. The maximum absolute atomic E-state index is 13.1. The summed E-state index contributed by atoms with van der Waals surface area (Å²) in [5.41, 5.74) is 2.65. The lowest BCUT2D eigenvalue weighted by Gasteiger charge is -2.33. The minimum atomic E-state index is -3.49. The molecule has 2 aromatic carbocycles. The molecular formula is C23H27N3O4S. The van der Waals surface area contributed by atoms with Crippen LogP contribution in [0.3, 0.4) is 0 Å². The Kier molecular flexibility index (Phi) is 6.13. The molecule has 1 saturated heterocycles.